The molecule has 1 atom stereocenters. The van der Waals surface area contributed by atoms with Gasteiger partial charge < -0.3 is 5.32 Å². The molecule has 144 valence electrons. The molecule has 1 nitrogen and oxygen atoms in total. The molecule has 0 radical (unpaired) electrons. The van der Waals surface area contributed by atoms with Gasteiger partial charge in [-0.2, -0.15) is 0 Å². The third-order valence-corrected chi connectivity index (χ3v) is 6.04. The van der Waals surface area contributed by atoms with Crippen LogP contribution in [0, 0.1) is 12.8 Å². The summed E-state index contributed by atoms with van der Waals surface area (Å²) in [7, 11) is 1.96. The Balaban J connectivity index is 0.000000706. The summed E-state index contributed by atoms with van der Waals surface area (Å²) in [5.41, 5.74) is 5.26. The van der Waals surface area contributed by atoms with Crippen molar-refractivity contribution in [3.63, 3.8) is 0 Å². The van der Waals surface area contributed by atoms with Gasteiger partial charge >= 0.3 is 0 Å². The summed E-state index contributed by atoms with van der Waals surface area (Å²) >= 11 is 0. The van der Waals surface area contributed by atoms with E-state index in [1.807, 2.05) is 14.0 Å². The van der Waals surface area contributed by atoms with Crippen molar-refractivity contribution in [2.75, 3.05) is 7.05 Å². The highest BCUT2D eigenvalue weighted by molar-refractivity contribution is 6.03. The summed E-state index contributed by atoms with van der Waals surface area (Å²) in [6.45, 7) is 20.7. The molecule has 0 amide bonds. The quantitative estimate of drug-likeness (QED) is 0.486. The number of aryl methyl sites for hydroxylation is 1. The monoisotopic (exact) mass is 369 g/mol. The first-order valence-corrected chi connectivity index (χ1v) is 10.0. The number of hydrogen-bond donors (Lipinski definition) is 1. The molecule has 0 aliphatic heterocycles. The fourth-order valence-corrected chi connectivity index (χ4v) is 4.55. The van der Waals surface area contributed by atoms with Crippen LogP contribution in [0.2, 0.25) is 0 Å². The van der Waals surface area contributed by atoms with Crippen molar-refractivity contribution >= 4 is 34.7 Å². The fourth-order valence-electron chi connectivity index (χ4n) is 4.55. The van der Waals surface area contributed by atoms with Gasteiger partial charge in [-0.3, -0.25) is 0 Å². The van der Waals surface area contributed by atoms with Crippen LogP contribution in [0.5, 0.6) is 0 Å². The first-order valence-electron chi connectivity index (χ1n) is 10.0. The number of allylic oxidation sites excluding steroid dienone is 2. The Morgan fingerprint density at radius 2 is 1.79 bits per heavy atom. The second kappa shape index (κ2) is 8.06. The van der Waals surface area contributed by atoms with E-state index in [2.05, 4.69) is 68.9 Å². The van der Waals surface area contributed by atoms with Gasteiger partial charge in [0.25, 0.3) is 0 Å². The molecule has 1 N–H and O–H groups in total. The van der Waals surface area contributed by atoms with E-state index in [1.54, 1.807) is 6.08 Å². The Morgan fingerprint density at radius 1 is 1.11 bits per heavy atom. The van der Waals surface area contributed by atoms with Gasteiger partial charge in [0.05, 0.1) is 0 Å². The molecule has 3 aromatic carbocycles. The minimum absolute atomic E-state index is 0.483. The van der Waals surface area contributed by atoms with Crippen LogP contribution in [0.4, 0.5) is 0 Å². The van der Waals surface area contributed by atoms with E-state index in [0.29, 0.717) is 5.92 Å². The highest BCUT2D eigenvalue weighted by Crippen LogP contribution is 2.29. The molecule has 3 aromatic rings. The molecule has 28 heavy (non-hydrogen) atoms. The van der Waals surface area contributed by atoms with E-state index in [-0.39, 0.29) is 0 Å². The molecule has 4 rings (SSSR count). The minimum atomic E-state index is 0.483. The van der Waals surface area contributed by atoms with Crippen LogP contribution in [0.1, 0.15) is 30.0 Å². The van der Waals surface area contributed by atoms with E-state index in [9.17, 15) is 0 Å². The van der Waals surface area contributed by atoms with E-state index in [1.165, 1.54) is 48.7 Å². The Hall–Kier alpha value is -2.80. The fraction of sp³-hybridized carbons (Fsp3) is 0.259. The molecule has 0 fully saturated rings. The molecular formula is C27H31N. The number of nitrogens with one attached hydrogen (secondary N) is 1. The highest BCUT2D eigenvalue weighted by Gasteiger charge is 2.23. The second-order valence-corrected chi connectivity index (χ2v) is 7.68. The standard InChI is InChI=1S/C24H25N.C3H6/c1-14-22-12-18(17(4)25-5)10-11-21(22)16(3)24-15(2)20-9-7-6-8-19(20)13-23(14)24;1-3-2/h6-9,13,18,25H,1,3-4,10-12H2,2,5H3;3H,1H2,2H3. The van der Waals surface area contributed by atoms with Crippen molar-refractivity contribution in [1.82, 2.24) is 5.32 Å². The van der Waals surface area contributed by atoms with Crippen molar-refractivity contribution in [3.05, 3.63) is 82.4 Å². The van der Waals surface area contributed by atoms with Crippen molar-refractivity contribution in [2.45, 2.75) is 33.1 Å². The van der Waals surface area contributed by atoms with E-state index < -0.39 is 0 Å². The zero-order chi connectivity index (χ0) is 20.4. The lowest BCUT2D eigenvalue weighted by Gasteiger charge is -2.28. The van der Waals surface area contributed by atoms with Gasteiger partial charge in [-0.25, -0.2) is 0 Å². The SMILES string of the molecule is C=C(NC)C1CCc2c(c(=C)c3cc4ccccc4c(C)c3c2=C)C1.C=CC. The van der Waals surface area contributed by atoms with Crippen LogP contribution >= 0.6 is 0 Å². The maximum atomic E-state index is 4.49. The summed E-state index contributed by atoms with van der Waals surface area (Å²) in [6.07, 6.45) is 4.95. The molecule has 1 unspecified atom stereocenters. The van der Waals surface area contributed by atoms with Crippen LogP contribution in [0.3, 0.4) is 0 Å². The van der Waals surface area contributed by atoms with Crippen molar-refractivity contribution in [2.24, 2.45) is 5.92 Å². The predicted molar refractivity (Wildman–Crippen MR) is 126 cm³/mol. The second-order valence-electron chi connectivity index (χ2n) is 7.68. The minimum Gasteiger partial charge on any atom is -0.392 e. The Morgan fingerprint density at radius 3 is 2.46 bits per heavy atom. The van der Waals surface area contributed by atoms with Crippen molar-refractivity contribution < 1.29 is 0 Å². The van der Waals surface area contributed by atoms with Gasteiger partial charge in [0.15, 0.2) is 0 Å². The van der Waals surface area contributed by atoms with Crippen LogP contribution in [-0.4, -0.2) is 7.05 Å². The Bertz CT molecular complexity index is 1170. The lowest BCUT2D eigenvalue weighted by molar-refractivity contribution is 0.502. The topological polar surface area (TPSA) is 12.0 Å². The third-order valence-electron chi connectivity index (χ3n) is 6.04. The molecule has 0 aromatic heterocycles. The lowest BCUT2D eigenvalue weighted by atomic mass is 9.78. The summed E-state index contributed by atoms with van der Waals surface area (Å²) in [6, 6.07) is 10.9. The van der Waals surface area contributed by atoms with Gasteiger partial charge in [-0.05, 0) is 87.8 Å². The number of hydrogen-bond acceptors (Lipinski definition) is 1. The molecule has 1 aliphatic rings. The van der Waals surface area contributed by atoms with Gasteiger partial charge in [0.2, 0.25) is 0 Å². The van der Waals surface area contributed by atoms with Gasteiger partial charge in [0.1, 0.15) is 0 Å². The van der Waals surface area contributed by atoms with Gasteiger partial charge in [0, 0.05) is 18.7 Å². The highest BCUT2D eigenvalue weighted by atomic mass is 14.8. The van der Waals surface area contributed by atoms with Crippen LogP contribution in [0.25, 0.3) is 34.7 Å². The van der Waals surface area contributed by atoms with Gasteiger partial charge in [-0.1, -0.05) is 50.1 Å². The first kappa shape index (κ1) is 19.9. The first-order chi connectivity index (χ1) is 13.4. The Kier molecular flexibility index (Phi) is 5.74. The lowest BCUT2D eigenvalue weighted by Crippen LogP contribution is -2.31. The van der Waals surface area contributed by atoms with Crippen molar-refractivity contribution in [1.29, 1.82) is 0 Å². The largest absolute Gasteiger partial charge is 0.392 e. The molecule has 0 saturated carbocycles. The smallest absolute Gasteiger partial charge is 0.00660 e. The molecule has 0 saturated heterocycles. The van der Waals surface area contributed by atoms with E-state index in [4.69, 9.17) is 0 Å². The average molecular weight is 370 g/mol. The van der Waals surface area contributed by atoms with Crippen LogP contribution in [0.15, 0.2) is 55.3 Å². The molecule has 0 heterocycles. The molecule has 1 aliphatic carbocycles. The third kappa shape index (κ3) is 3.26. The zero-order valence-electron chi connectivity index (χ0n) is 17.5. The Labute approximate surface area is 168 Å². The number of fused-ring (bicyclic) bond motifs is 3. The summed E-state index contributed by atoms with van der Waals surface area (Å²) in [5, 5.41) is 10.8. The van der Waals surface area contributed by atoms with E-state index >= 15 is 0 Å². The summed E-state index contributed by atoms with van der Waals surface area (Å²) in [4.78, 5) is 0. The number of rotatable bonds is 2. The summed E-state index contributed by atoms with van der Waals surface area (Å²) < 4.78 is 0. The molecule has 0 spiro atoms. The molecule has 0 bridgehead atoms. The summed E-state index contributed by atoms with van der Waals surface area (Å²) in [5.74, 6) is 0.483. The van der Waals surface area contributed by atoms with Crippen LogP contribution in [-0.2, 0) is 12.8 Å². The zero-order valence-corrected chi connectivity index (χ0v) is 17.5. The van der Waals surface area contributed by atoms with E-state index in [0.717, 1.165) is 25.0 Å². The predicted octanol–water partition coefficient (Wildman–Crippen LogP) is 5.15. The van der Waals surface area contributed by atoms with Crippen LogP contribution < -0.4 is 15.8 Å². The normalized spacial score (nSPS) is 15.5. The number of benzene rings is 3. The maximum Gasteiger partial charge on any atom is 0.00660 e. The van der Waals surface area contributed by atoms with Crippen molar-refractivity contribution in [3.8, 4) is 0 Å². The van der Waals surface area contributed by atoms with Gasteiger partial charge in [-0.15, -0.1) is 6.58 Å². The molecule has 1 heteroatoms. The molecular weight excluding hydrogens is 338 g/mol. The maximum absolute atomic E-state index is 4.49. The average Bonchev–Trinajstić information content (AvgIpc) is 2.71.